The molecule has 1 aliphatic heterocycles. The Kier molecular flexibility index (Phi) is 4.87. The Bertz CT molecular complexity index is 786. The minimum absolute atomic E-state index is 0.0625. The Balaban J connectivity index is 1.64. The van der Waals surface area contributed by atoms with Crippen LogP contribution < -0.4 is 10.2 Å². The topological polar surface area (TPSA) is 91.3 Å². The third kappa shape index (κ3) is 4.09. The fraction of sp³-hybridized carbons (Fsp3) is 0.353. The molecule has 1 fully saturated rings. The van der Waals surface area contributed by atoms with Crippen molar-refractivity contribution in [2.45, 2.75) is 13.8 Å². The van der Waals surface area contributed by atoms with Gasteiger partial charge in [0.15, 0.2) is 0 Å². The molecule has 2 amide bonds. The van der Waals surface area contributed by atoms with E-state index in [1.54, 1.807) is 23.4 Å². The van der Waals surface area contributed by atoms with Crippen LogP contribution in [0.3, 0.4) is 0 Å². The number of hydrogen-bond donors (Lipinski definition) is 1. The van der Waals surface area contributed by atoms with Crippen molar-refractivity contribution < 1.29 is 9.59 Å². The molecule has 2 aromatic rings. The minimum atomic E-state index is -0.217. The highest BCUT2D eigenvalue weighted by Gasteiger charge is 2.23. The van der Waals surface area contributed by atoms with Crippen LogP contribution in [-0.4, -0.2) is 57.8 Å². The van der Waals surface area contributed by atoms with E-state index in [4.69, 9.17) is 0 Å². The lowest BCUT2D eigenvalue weighted by Crippen LogP contribution is -2.49. The standard InChI is InChI=1S/C17H20N6O2/c1-12-9-16(20-11-19-12)22-5-7-23(8-6-22)17(25)14-3-4-18-15(10-14)21-13(2)24/h3-4,9-11H,5-8H2,1-2H3,(H,18,21,24). The SMILES string of the molecule is CC(=O)Nc1cc(C(=O)N2CCN(c3cc(C)ncn3)CC2)ccn1. The molecular formula is C17H20N6O2. The Morgan fingerprint density at radius 2 is 1.84 bits per heavy atom. The molecule has 3 rings (SSSR count). The molecule has 0 saturated carbocycles. The second kappa shape index (κ2) is 7.25. The zero-order valence-corrected chi connectivity index (χ0v) is 14.3. The lowest BCUT2D eigenvalue weighted by molar-refractivity contribution is -0.114. The second-order valence-corrected chi connectivity index (χ2v) is 5.91. The van der Waals surface area contributed by atoms with Gasteiger partial charge in [0.25, 0.3) is 5.91 Å². The number of nitrogens with zero attached hydrogens (tertiary/aromatic N) is 5. The quantitative estimate of drug-likeness (QED) is 0.900. The number of rotatable bonds is 3. The van der Waals surface area contributed by atoms with Gasteiger partial charge in [0, 0.05) is 56.6 Å². The first kappa shape index (κ1) is 16.8. The smallest absolute Gasteiger partial charge is 0.254 e. The summed E-state index contributed by atoms with van der Waals surface area (Å²) in [5.74, 6) is 0.989. The Hall–Kier alpha value is -3.03. The van der Waals surface area contributed by atoms with Gasteiger partial charge in [-0.15, -0.1) is 0 Å². The van der Waals surface area contributed by atoms with Crippen molar-refractivity contribution >= 4 is 23.5 Å². The van der Waals surface area contributed by atoms with Gasteiger partial charge in [-0.05, 0) is 19.1 Å². The molecule has 130 valence electrons. The highest BCUT2D eigenvalue weighted by Crippen LogP contribution is 2.16. The number of amides is 2. The first-order chi connectivity index (χ1) is 12.0. The van der Waals surface area contributed by atoms with Gasteiger partial charge in [0.1, 0.15) is 18.0 Å². The predicted octanol–water partition coefficient (Wildman–Crippen LogP) is 1.10. The van der Waals surface area contributed by atoms with Gasteiger partial charge in [0.05, 0.1) is 0 Å². The van der Waals surface area contributed by atoms with Gasteiger partial charge in [-0.3, -0.25) is 9.59 Å². The van der Waals surface area contributed by atoms with Crippen molar-refractivity contribution in [3.63, 3.8) is 0 Å². The summed E-state index contributed by atoms with van der Waals surface area (Å²) in [4.78, 5) is 40.2. The third-order valence-electron chi connectivity index (χ3n) is 3.99. The summed E-state index contributed by atoms with van der Waals surface area (Å²) in [5, 5.41) is 2.59. The average Bonchev–Trinajstić information content (AvgIpc) is 2.61. The summed E-state index contributed by atoms with van der Waals surface area (Å²) < 4.78 is 0. The molecule has 8 heteroatoms. The van der Waals surface area contributed by atoms with Crippen LogP contribution >= 0.6 is 0 Å². The third-order valence-corrected chi connectivity index (χ3v) is 3.99. The monoisotopic (exact) mass is 340 g/mol. The summed E-state index contributed by atoms with van der Waals surface area (Å²) in [6.45, 7) is 5.99. The molecule has 25 heavy (non-hydrogen) atoms. The molecule has 0 aromatic carbocycles. The predicted molar refractivity (Wildman–Crippen MR) is 93.4 cm³/mol. The van der Waals surface area contributed by atoms with Crippen molar-refractivity contribution in [3.05, 3.63) is 42.0 Å². The number of pyridine rings is 1. The molecule has 0 aliphatic carbocycles. The Morgan fingerprint density at radius 1 is 1.08 bits per heavy atom. The number of nitrogens with one attached hydrogen (secondary N) is 1. The minimum Gasteiger partial charge on any atom is -0.353 e. The van der Waals surface area contributed by atoms with Crippen LogP contribution in [0.2, 0.25) is 0 Å². The number of aryl methyl sites for hydroxylation is 1. The van der Waals surface area contributed by atoms with Crippen molar-refractivity contribution in [1.82, 2.24) is 19.9 Å². The lowest BCUT2D eigenvalue weighted by atomic mass is 10.2. The molecule has 1 aliphatic rings. The first-order valence-electron chi connectivity index (χ1n) is 8.09. The van der Waals surface area contributed by atoms with E-state index in [1.165, 1.54) is 13.1 Å². The van der Waals surface area contributed by atoms with Gasteiger partial charge in [-0.25, -0.2) is 15.0 Å². The molecular weight excluding hydrogens is 320 g/mol. The lowest BCUT2D eigenvalue weighted by Gasteiger charge is -2.35. The maximum absolute atomic E-state index is 12.7. The van der Waals surface area contributed by atoms with Gasteiger partial charge in [0.2, 0.25) is 5.91 Å². The fourth-order valence-electron chi connectivity index (χ4n) is 2.75. The first-order valence-corrected chi connectivity index (χ1v) is 8.09. The second-order valence-electron chi connectivity index (χ2n) is 5.91. The average molecular weight is 340 g/mol. The van der Waals surface area contributed by atoms with Gasteiger partial charge >= 0.3 is 0 Å². The molecule has 8 nitrogen and oxygen atoms in total. The van der Waals surface area contributed by atoms with Gasteiger partial charge in [-0.2, -0.15) is 0 Å². The summed E-state index contributed by atoms with van der Waals surface area (Å²) in [7, 11) is 0. The molecule has 2 aromatic heterocycles. The zero-order chi connectivity index (χ0) is 17.8. The number of piperazine rings is 1. The van der Waals surface area contributed by atoms with Gasteiger partial charge < -0.3 is 15.1 Å². The molecule has 1 N–H and O–H groups in total. The van der Waals surface area contributed by atoms with Crippen LogP contribution in [0.15, 0.2) is 30.7 Å². The van der Waals surface area contributed by atoms with Crippen molar-refractivity contribution in [2.24, 2.45) is 0 Å². The number of carbonyl (C=O) groups is 2. The van der Waals surface area contributed by atoms with Crippen molar-refractivity contribution in [1.29, 1.82) is 0 Å². The van der Waals surface area contributed by atoms with E-state index in [-0.39, 0.29) is 11.8 Å². The van der Waals surface area contributed by atoms with E-state index in [2.05, 4.69) is 25.2 Å². The summed E-state index contributed by atoms with van der Waals surface area (Å²) in [5.41, 5.74) is 1.44. The molecule has 0 unspecified atom stereocenters. The van der Waals surface area contributed by atoms with E-state index in [0.717, 1.165) is 11.5 Å². The molecule has 3 heterocycles. The van der Waals surface area contributed by atoms with Crippen LogP contribution in [0.1, 0.15) is 23.0 Å². The molecule has 0 radical (unpaired) electrons. The molecule has 0 atom stereocenters. The summed E-state index contributed by atoms with van der Waals surface area (Å²) >= 11 is 0. The maximum Gasteiger partial charge on any atom is 0.254 e. The Labute approximate surface area is 145 Å². The number of carbonyl (C=O) groups excluding carboxylic acids is 2. The fourth-order valence-corrected chi connectivity index (χ4v) is 2.75. The zero-order valence-electron chi connectivity index (χ0n) is 14.3. The van der Waals surface area contributed by atoms with E-state index < -0.39 is 0 Å². The summed E-state index contributed by atoms with van der Waals surface area (Å²) in [6.07, 6.45) is 3.08. The molecule has 0 bridgehead atoms. The van der Waals surface area contributed by atoms with Crippen LogP contribution in [0, 0.1) is 6.92 Å². The highest BCUT2D eigenvalue weighted by atomic mass is 16.2. The van der Waals surface area contributed by atoms with E-state index in [0.29, 0.717) is 37.6 Å². The van der Waals surface area contributed by atoms with Crippen LogP contribution in [0.25, 0.3) is 0 Å². The number of anilines is 2. The largest absolute Gasteiger partial charge is 0.353 e. The van der Waals surface area contributed by atoms with Crippen molar-refractivity contribution in [2.75, 3.05) is 36.4 Å². The van der Waals surface area contributed by atoms with E-state index in [1.807, 2.05) is 13.0 Å². The number of hydrogen-bond acceptors (Lipinski definition) is 6. The van der Waals surface area contributed by atoms with Crippen LogP contribution in [0.5, 0.6) is 0 Å². The number of aromatic nitrogens is 3. The van der Waals surface area contributed by atoms with Gasteiger partial charge in [-0.1, -0.05) is 0 Å². The van der Waals surface area contributed by atoms with Crippen molar-refractivity contribution in [3.8, 4) is 0 Å². The maximum atomic E-state index is 12.7. The molecule has 1 saturated heterocycles. The van der Waals surface area contributed by atoms with E-state index in [9.17, 15) is 9.59 Å². The molecule has 0 spiro atoms. The van der Waals surface area contributed by atoms with E-state index >= 15 is 0 Å². The Morgan fingerprint density at radius 3 is 2.52 bits per heavy atom. The highest BCUT2D eigenvalue weighted by molar-refractivity contribution is 5.96. The normalized spacial score (nSPS) is 14.3. The van der Waals surface area contributed by atoms with Crippen LogP contribution in [-0.2, 0) is 4.79 Å². The summed E-state index contributed by atoms with van der Waals surface area (Å²) in [6, 6.07) is 5.21. The van der Waals surface area contributed by atoms with Crippen LogP contribution in [0.4, 0.5) is 11.6 Å².